The second-order valence-corrected chi connectivity index (χ2v) is 3.33. The summed E-state index contributed by atoms with van der Waals surface area (Å²) in [6.45, 7) is 1.34. The maximum atomic E-state index is 11.3. The number of nitrogens with zero attached hydrogens (tertiary/aromatic N) is 1. The Kier molecular flexibility index (Phi) is 3.79. The van der Waals surface area contributed by atoms with E-state index in [2.05, 4.69) is 0 Å². The SMILES string of the molecule is CCC(CN1C(=O)COCC1=O)C(=O)O. The molecule has 0 saturated carbocycles. The van der Waals surface area contributed by atoms with Crippen LogP contribution >= 0.6 is 0 Å². The zero-order valence-corrected chi connectivity index (χ0v) is 8.43. The normalized spacial score (nSPS) is 19.1. The zero-order valence-electron chi connectivity index (χ0n) is 8.43. The lowest BCUT2D eigenvalue weighted by Crippen LogP contribution is -2.49. The first-order valence-corrected chi connectivity index (χ1v) is 4.70. The van der Waals surface area contributed by atoms with Crippen LogP contribution in [0.4, 0.5) is 0 Å². The van der Waals surface area contributed by atoms with Crippen molar-refractivity contribution in [1.82, 2.24) is 4.90 Å². The summed E-state index contributed by atoms with van der Waals surface area (Å²) in [4.78, 5) is 34.2. The van der Waals surface area contributed by atoms with Gasteiger partial charge in [-0.15, -0.1) is 0 Å². The van der Waals surface area contributed by atoms with Crippen LogP contribution in [0, 0.1) is 5.92 Å². The third kappa shape index (κ3) is 2.76. The Bertz CT molecular complexity index is 272. The van der Waals surface area contributed by atoms with Gasteiger partial charge in [-0.1, -0.05) is 6.92 Å². The van der Waals surface area contributed by atoms with Crippen LogP contribution in [0.2, 0.25) is 0 Å². The average molecular weight is 215 g/mol. The van der Waals surface area contributed by atoms with Crippen molar-refractivity contribution in [3.05, 3.63) is 0 Å². The molecule has 1 heterocycles. The topological polar surface area (TPSA) is 83.9 Å². The lowest BCUT2D eigenvalue weighted by molar-refractivity contribution is -0.160. The van der Waals surface area contributed by atoms with Crippen molar-refractivity contribution in [2.75, 3.05) is 19.8 Å². The summed E-state index contributed by atoms with van der Waals surface area (Å²) in [6, 6.07) is 0. The number of ether oxygens (including phenoxy) is 1. The molecule has 1 aliphatic heterocycles. The number of rotatable bonds is 4. The molecule has 0 aromatic carbocycles. The Morgan fingerprint density at radius 1 is 1.47 bits per heavy atom. The average Bonchev–Trinajstić information content (AvgIpc) is 2.17. The first kappa shape index (κ1) is 11.6. The number of hydrogen-bond acceptors (Lipinski definition) is 4. The number of carboxylic acid groups (broad SMARTS) is 1. The summed E-state index contributed by atoms with van der Waals surface area (Å²) in [7, 11) is 0. The molecule has 6 nitrogen and oxygen atoms in total. The molecular weight excluding hydrogens is 202 g/mol. The van der Waals surface area contributed by atoms with Gasteiger partial charge in [-0.3, -0.25) is 19.3 Å². The minimum atomic E-state index is -0.996. The van der Waals surface area contributed by atoms with Crippen LogP contribution in [0.1, 0.15) is 13.3 Å². The summed E-state index contributed by atoms with van der Waals surface area (Å²) in [5, 5.41) is 8.80. The van der Waals surface area contributed by atoms with Crippen molar-refractivity contribution < 1.29 is 24.2 Å². The van der Waals surface area contributed by atoms with Crippen LogP contribution in [-0.4, -0.2) is 47.5 Å². The molecule has 1 rings (SSSR count). The Balaban J connectivity index is 2.65. The molecule has 1 saturated heterocycles. The van der Waals surface area contributed by atoms with Gasteiger partial charge in [0.05, 0.1) is 5.92 Å². The smallest absolute Gasteiger partial charge is 0.308 e. The Morgan fingerprint density at radius 2 is 2.00 bits per heavy atom. The fourth-order valence-electron chi connectivity index (χ4n) is 1.33. The van der Waals surface area contributed by atoms with Gasteiger partial charge in [0, 0.05) is 6.54 Å². The Hall–Kier alpha value is -1.43. The van der Waals surface area contributed by atoms with Crippen LogP contribution < -0.4 is 0 Å². The molecule has 0 aromatic rings. The third-order valence-corrected chi connectivity index (χ3v) is 2.30. The van der Waals surface area contributed by atoms with Gasteiger partial charge in [-0.2, -0.15) is 0 Å². The van der Waals surface area contributed by atoms with E-state index in [4.69, 9.17) is 9.84 Å². The Labute approximate surface area is 86.8 Å². The summed E-state index contributed by atoms with van der Waals surface area (Å²) in [6.07, 6.45) is 0.382. The molecule has 6 heteroatoms. The third-order valence-electron chi connectivity index (χ3n) is 2.30. The summed E-state index contributed by atoms with van der Waals surface area (Å²) in [5.74, 6) is -2.63. The maximum Gasteiger partial charge on any atom is 0.308 e. The van der Waals surface area contributed by atoms with Gasteiger partial charge < -0.3 is 9.84 Å². The molecule has 0 bridgehead atoms. The number of hydrogen-bond donors (Lipinski definition) is 1. The first-order chi connectivity index (χ1) is 7.06. The molecule has 84 valence electrons. The molecule has 0 spiro atoms. The molecule has 2 amide bonds. The van der Waals surface area contributed by atoms with E-state index in [0.717, 1.165) is 4.90 Å². The molecule has 15 heavy (non-hydrogen) atoms. The molecule has 0 radical (unpaired) electrons. The van der Waals surface area contributed by atoms with E-state index < -0.39 is 23.7 Å². The van der Waals surface area contributed by atoms with Gasteiger partial charge in [0.2, 0.25) is 0 Å². The lowest BCUT2D eigenvalue weighted by Gasteiger charge is -2.26. The van der Waals surface area contributed by atoms with E-state index in [9.17, 15) is 14.4 Å². The summed E-state index contributed by atoms with van der Waals surface area (Å²) < 4.78 is 4.71. The highest BCUT2D eigenvalue weighted by atomic mass is 16.5. The van der Waals surface area contributed by atoms with E-state index in [-0.39, 0.29) is 19.8 Å². The number of carbonyl (C=O) groups excluding carboxylic acids is 2. The van der Waals surface area contributed by atoms with Crippen LogP contribution in [0.5, 0.6) is 0 Å². The molecule has 1 atom stereocenters. The zero-order chi connectivity index (χ0) is 11.4. The van der Waals surface area contributed by atoms with E-state index in [0.29, 0.717) is 6.42 Å². The lowest BCUT2D eigenvalue weighted by atomic mass is 10.1. The highest BCUT2D eigenvalue weighted by Crippen LogP contribution is 2.09. The summed E-state index contributed by atoms with van der Waals surface area (Å²) >= 11 is 0. The predicted octanol–water partition coefficient (Wildman–Crippen LogP) is -0.517. The van der Waals surface area contributed by atoms with Crippen molar-refractivity contribution in [3.8, 4) is 0 Å². The number of imide groups is 1. The highest BCUT2D eigenvalue weighted by molar-refractivity contribution is 5.98. The number of aliphatic carboxylic acids is 1. The number of carboxylic acids is 1. The minimum absolute atomic E-state index is 0.0626. The van der Waals surface area contributed by atoms with Gasteiger partial charge in [0.1, 0.15) is 13.2 Å². The molecule has 1 aliphatic rings. The van der Waals surface area contributed by atoms with Crippen molar-refractivity contribution in [2.45, 2.75) is 13.3 Å². The second-order valence-electron chi connectivity index (χ2n) is 3.33. The van der Waals surface area contributed by atoms with Gasteiger partial charge in [0.25, 0.3) is 11.8 Å². The van der Waals surface area contributed by atoms with Crippen LogP contribution in [0.15, 0.2) is 0 Å². The fourth-order valence-corrected chi connectivity index (χ4v) is 1.33. The van der Waals surface area contributed by atoms with Crippen LogP contribution in [-0.2, 0) is 19.1 Å². The van der Waals surface area contributed by atoms with E-state index in [1.807, 2.05) is 0 Å². The van der Waals surface area contributed by atoms with Crippen molar-refractivity contribution in [1.29, 1.82) is 0 Å². The largest absolute Gasteiger partial charge is 0.481 e. The van der Waals surface area contributed by atoms with Crippen molar-refractivity contribution in [3.63, 3.8) is 0 Å². The van der Waals surface area contributed by atoms with E-state index >= 15 is 0 Å². The number of amides is 2. The molecule has 1 fully saturated rings. The molecule has 1 unspecified atom stereocenters. The Morgan fingerprint density at radius 3 is 2.40 bits per heavy atom. The van der Waals surface area contributed by atoms with Crippen LogP contribution in [0.3, 0.4) is 0 Å². The monoisotopic (exact) mass is 215 g/mol. The standard InChI is InChI=1S/C9H13NO5/c1-2-6(9(13)14)3-10-7(11)4-15-5-8(10)12/h6H,2-5H2,1H3,(H,13,14). The first-order valence-electron chi connectivity index (χ1n) is 4.70. The van der Waals surface area contributed by atoms with Crippen molar-refractivity contribution >= 4 is 17.8 Å². The van der Waals surface area contributed by atoms with Gasteiger partial charge in [-0.05, 0) is 6.42 Å². The summed E-state index contributed by atoms with van der Waals surface area (Å²) in [5.41, 5.74) is 0. The van der Waals surface area contributed by atoms with Gasteiger partial charge in [-0.25, -0.2) is 0 Å². The second kappa shape index (κ2) is 4.88. The van der Waals surface area contributed by atoms with Crippen LogP contribution in [0.25, 0.3) is 0 Å². The van der Waals surface area contributed by atoms with Crippen molar-refractivity contribution in [2.24, 2.45) is 5.92 Å². The maximum absolute atomic E-state index is 11.3. The van der Waals surface area contributed by atoms with E-state index in [1.54, 1.807) is 6.92 Å². The predicted molar refractivity (Wildman–Crippen MR) is 49.0 cm³/mol. The van der Waals surface area contributed by atoms with Gasteiger partial charge in [0.15, 0.2) is 0 Å². The van der Waals surface area contributed by atoms with Gasteiger partial charge >= 0.3 is 5.97 Å². The minimum Gasteiger partial charge on any atom is -0.481 e. The quantitative estimate of drug-likeness (QED) is 0.638. The van der Waals surface area contributed by atoms with E-state index in [1.165, 1.54) is 0 Å². The molecule has 0 aliphatic carbocycles. The fraction of sp³-hybridized carbons (Fsp3) is 0.667. The highest BCUT2D eigenvalue weighted by Gasteiger charge is 2.30. The number of morpholine rings is 1. The molecule has 0 aromatic heterocycles. The molecule has 1 N–H and O–H groups in total. The molecular formula is C9H13NO5. The number of carbonyl (C=O) groups is 3.